The minimum atomic E-state index is 0.743. The normalized spacial score (nSPS) is 11.2. The molecule has 104 valence electrons. The third-order valence-electron chi connectivity index (χ3n) is 3.06. The largest absolute Gasteiger partial charge is 0.501 e. The van der Waals surface area contributed by atoms with Crippen LogP contribution < -0.4 is 4.74 Å². The summed E-state index contributed by atoms with van der Waals surface area (Å²) in [6.07, 6.45) is 2.51. The highest BCUT2D eigenvalue weighted by Crippen LogP contribution is 2.23. The van der Waals surface area contributed by atoms with E-state index in [0.29, 0.717) is 0 Å². The van der Waals surface area contributed by atoms with Gasteiger partial charge in [0.05, 0.1) is 7.11 Å². The Morgan fingerprint density at radius 2 is 1.80 bits per heavy atom. The first-order valence-corrected chi connectivity index (χ1v) is 6.70. The second-order valence-corrected chi connectivity index (χ2v) is 4.83. The minimum Gasteiger partial charge on any atom is -0.501 e. The van der Waals surface area contributed by atoms with Gasteiger partial charge >= 0.3 is 0 Å². The van der Waals surface area contributed by atoms with E-state index in [0.717, 1.165) is 23.5 Å². The van der Waals surface area contributed by atoms with Crippen molar-refractivity contribution in [3.63, 3.8) is 0 Å². The molecule has 2 aromatic rings. The Kier molecular flexibility index (Phi) is 4.83. The molecular formula is C18H20O2. The van der Waals surface area contributed by atoms with Gasteiger partial charge in [-0.15, -0.1) is 0 Å². The fourth-order valence-electron chi connectivity index (χ4n) is 2.06. The number of allylic oxidation sites excluding steroid dienone is 1. The predicted molar refractivity (Wildman–Crippen MR) is 81.8 cm³/mol. The number of benzene rings is 2. The van der Waals surface area contributed by atoms with Crippen LogP contribution in [0.4, 0.5) is 0 Å². The van der Waals surface area contributed by atoms with Gasteiger partial charge in [-0.3, -0.25) is 0 Å². The Morgan fingerprint density at radius 1 is 1.05 bits per heavy atom. The highest BCUT2D eigenvalue weighted by molar-refractivity contribution is 5.39. The first-order chi connectivity index (χ1) is 9.69. The molecule has 0 heterocycles. The fraction of sp³-hybridized carbons (Fsp3) is 0.222. The van der Waals surface area contributed by atoms with Crippen LogP contribution in [0.1, 0.15) is 23.6 Å². The average Bonchev–Trinajstić information content (AvgIpc) is 2.44. The molecule has 2 aromatic carbocycles. The monoisotopic (exact) mass is 268 g/mol. The molecule has 0 atom stereocenters. The van der Waals surface area contributed by atoms with Crippen molar-refractivity contribution in [1.29, 1.82) is 0 Å². The maximum atomic E-state index is 5.80. The first kappa shape index (κ1) is 14.2. The van der Waals surface area contributed by atoms with E-state index >= 15 is 0 Å². The zero-order chi connectivity index (χ0) is 14.4. The van der Waals surface area contributed by atoms with Crippen LogP contribution in [0.15, 0.2) is 60.6 Å². The fourth-order valence-corrected chi connectivity index (χ4v) is 2.06. The lowest BCUT2D eigenvalue weighted by atomic mass is 10.0. The molecule has 0 aliphatic rings. The summed E-state index contributed by atoms with van der Waals surface area (Å²) in [5.41, 5.74) is 3.65. The predicted octanol–water partition coefficient (Wildman–Crippen LogP) is 4.47. The molecule has 0 radical (unpaired) electrons. The summed E-state index contributed by atoms with van der Waals surface area (Å²) in [6.45, 7) is 3.93. The van der Waals surface area contributed by atoms with Gasteiger partial charge in [0.15, 0.2) is 0 Å². The molecule has 0 unspecified atom stereocenters. The van der Waals surface area contributed by atoms with E-state index in [1.54, 1.807) is 13.4 Å². The second kappa shape index (κ2) is 6.80. The molecular weight excluding hydrogens is 248 g/mol. The molecule has 0 amide bonds. The van der Waals surface area contributed by atoms with Crippen LogP contribution in [-0.4, -0.2) is 7.11 Å². The molecule has 0 saturated carbocycles. The van der Waals surface area contributed by atoms with Crippen LogP contribution >= 0.6 is 0 Å². The molecule has 0 bridgehead atoms. The van der Waals surface area contributed by atoms with E-state index in [4.69, 9.17) is 9.47 Å². The van der Waals surface area contributed by atoms with Crippen LogP contribution in [0.5, 0.6) is 5.75 Å². The van der Waals surface area contributed by atoms with Crippen molar-refractivity contribution in [1.82, 2.24) is 0 Å². The smallest absolute Gasteiger partial charge is 0.135 e. The molecule has 0 fully saturated rings. The van der Waals surface area contributed by atoms with Gasteiger partial charge in [-0.05, 0) is 43.0 Å². The van der Waals surface area contributed by atoms with E-state index in [1.807, 2.05) is 19.9 Å². The lowest BCUT2D eigenvalue weighted by Crippen LogP contribution is -1.96. The van der Waals surface area contributed by atoms with Gasteiger partial charge in [-0.2, -0.15) is 0 Å². The molecule has 0 aliphatic heterocycles. The summed E-state index contributed by atoms with van der Waals surface area (Å²) in [5.74, 6) is 1.62. The van der Waals surface area contributed by atoms with Crippen LogP contribution in [0, 0.1) is 6.92 Å². The lowest BCUT2D eigenvalue weighted by molar-refractivity contribution is 0.304. The zero-order valence-corrected chi connectivity index (χ0v) is 12.2. The van der Waals surface area contributed by atoms with Crippen molar-refractivity contribution in [3.8, 4) is 5.75 Å². The van der Waals surface area contributed by atoms with E-state index in [-0.39, 0.29) is 0 Å². The lowest BCUT2D eigenvalue weighted by Gasteiger charge is -2.11. The Labute approximate surface area is 120 Å². The standard InChI is InChI=1S/C18H20O2/c1-14-9-10-17(11-16-7-5-4-6-8-16)12-18(14)20-15(2)13-19-3/h4-10,12-13H,11H2,1-3H3/b15-13+. The van der Waals surface area contributed by atoms with Crippen LogP contribution in [0.2, 0.25) is 0 Å². The van der Waals surface area contributed by atoms with Crippen molar-refractivity contribution in [2.24, 2.45) is 0 Å². The average molecular weight is 268 g/mol. The van der Waals surface area contributed by atoms with Crippen molar-refractivity contribution in [2.75, 3.05) is 7.11 Å². The number of hydrogen-bond acceptors (Lipinski definition) is 2. The molecule has 0 spiro atoms. The third kappa shape index (κ3) is 3.89. The Morgan fingerprint density at radius 3 is 2.50 bits per heavy atom. The summed E-state index contributed by atoms with van der Waals surface area (Å²) in [7, 11) is 1.62. The van der Waals surface area contributed by atoms with Crippen LogP contribution in [-0.2, 0) is 11.2 Å². The molecule has 2 rings (SSSR count). The number of ether oxygens (including phenoxy) is 2. The van der Waals surface area contributed by atoms with E-state index in [2.05, 4.69) is 42.5 Å². The summed E-state index contributed by atoms with van der Waals surface area (Å²) < 4.78 is 10.8. The number of hydrogen-bond donors (Lipinski definition) is 0. The Balaban J connectivity index is 2.18. The van der Waals surface area contributed by atoms with Gasteiger partial charge in [0.25, 0.3) is 0 Å². The van der Waals surface area contributed by atoms with E-state index in [1.165, 1.54) is 11.1 Å². The topological polar surface area (TPSA) is 18.5 Å². The summed E-state index contributed by atoms with van der Waals surface area (Å²) >= 11 is 0. The molecule has 0 saturated heterocycles. The molecule has 0 aliphatic carbocycles. The number of methoxy groups -OCH3 is 1. The van der Waals surface area contributed by atoms with Gasteiger partial charge in [-0.25, -0.2) is 0 Å². The Hall–Kier alpha value is -2.22. The Bertz CT molecular complexity index is 586. The van der Waals surface area contributed by atoms with Gasteiger partial charge < -0.3 is 9.47 Å². The summed E-state index contributed by atoms with van der Waals surface area (Å²) in [4.78, 5) is 0. The third-order valence-corrected chi connectivity index (χ3v) is 3.06. The SMILES string of the molecule is CO/C=C(\C)Oc1cc(Cc2ccccc2)ccc1C. The highest BCUT2D eigenvalue weighted by Gasteiger charge is 2.04. The van der Waals surface area contributed by atoms with Crippen LogP contribution in [0.25, 0.3) is 0 Å². The van der Waals surface area contributed by atoms with Crippen molar-refractivity contribution >= 4 is 0 Å². The molecule has 20 heavy (non-hydrogen) atoms. The maximum absolute atomic E-state index is 5.80. The zero-order valence-electron chi connectivity index (χ0n) is 12.2. The number of rotatable bonds is 5. The van der Waals surface area contributed by atoms with E-state index in [9.17, 15) is 0 Å². The summed E-state index contributed by atoms with van der Waals surface area (Å²) in [5, 5.41) is 0. The van der Waals surface area contributed by atoms with Crippen molar-refractivity contribution in [2.45, 2.75) is 20.3 Å². The first-order valence-electron chi connectivity index (χ1n) is 6.70. The van der Waals surface area contributed by atoms with Crippen LogP contribution in [0.3, 0.4) is 0 Å². The summed E-state index contributed by atoms with van der Waals surface area (Å²) in [6, 6.07) is 16.8. The minimum absolute atomic E-state index is 0.743. The van der Waals surface area contributed by atoms with Crippen molar-refractivity contribution < 1.29 is 9.47 Å². The quantitative estimate of drug-likeness (QED) is 0.745. The van der Waals surface area contributed by atoms with Crippen molar-refractivity contribution in [3.05, 3.63) is 77.2 Å². The van der Waals surface area contributed by atoms with E-state index < -0.39 is 0 Å². The molecule has 2 heteroatoms. The van der Waals surface area contributed by atoms with Gasteiger partial charge in [0, 0.05) is 0 Å². The maximum Gasteiger partial charge on any atom is 0.135 e. The molecule has 0 N–H and O–H groups in total. The second-order valence-electron chi connectivity index (χ2n) is 4.83. The van der Waals surface area contributed by atoms with Gasteiger partial charge in [0.2, 0.25) is 0 Å². The van der Waals surface area contributed by atoms with Gasteiger partial charge in [0.1, 0.15) is 17.8 Å². The number of aryl methyl sites for hydroxylation is 1. The molecule has 0 aromatic heterocycles. The highest BCUT2D eigenvalue weighted by atomic mass is 16.5. The van der Waals surface area contributed by atoms with Gasteiger partial charge in [-0.1, -0.05) is 42.5 Å². The molecule has 2 nitrogen and oxygen atoms in total.